The molecule has 0 spiro atoms. The third kappa shape index (κ3) is 3.42. The van der Waals surface area contributed by atoms with Crippen molar-refractivity contribution in [3.8, 4) is 5.75 Å². The quantitative estimate of drug-likeness (QED) is 0.812. The summed E-state index contributed by atoms with van der Waals surface area (Å²) in [6.07, 6.45) is -0.162. The Morgan fingerprint density at radius 2 is 2.32 bits per heavy atom. The minimum Gasteiger partial charge on any atom is -0.485 e. The minimum absolute atomic E-state index is 0.0656. The van der Waals surface area contributed by atoms with Gasteiger partial charge in [0.05, 0.1) is 12.3 Å². The fraction of sp³-hybridized carbons (Fsp3) is 0.636. The van der Waals surface area contributed by atoms with Gasteiger partial charge in [0.25, 0.3) is 0 Å². The smallest absolute Gasteiger partial charge is 0.248 e. The van der Waals surface area contributed by atoms with Crippen LogP contribution in [0.5, 0.6) is 5.75 Å². The number of nitrogens with zero attached hydrogens (tertiary/aromatic N) is 2. The summed E-state index contributed by atoms with van der Waals surface area (Å²) in [4.78, 5) is 7.64. The van der Waals surface area contributed by atoms with Gasteiger partial charge in [-0.25, -0.2) is 13.8 Å². The SMILES string of the molecule is CNc1nc(Cl)ncc1OCC(O)C1CC(F)(F)C1. The van der Waals surface area contributed by atoms with E-state index in [0.717, 1.165) is 0 Å². The Kier molecular flexibility index (Phi) is 4.05. The molecule has 0 radical (unpaired) electrons. The van der Waals surface area contributed by atoms with Crippen molar-refractivity contribution in [3.63, 3.8) is 0 Å². The highest BCUT2D eigenvalue weighted by Crippen LogP contribution is 2.44. The van der Waals surface area contributed by atoms with Crippen molar-refractivity contribution in [1.82, 2.24) is 9.97 Å². The second-order valence-corrected chi connectivity index (χ2v) is 4.84. The largest absolute Gasteiger partial charge is 0.485 e. The van der Waals surface area contributed by atoms with Gasteiger partial charge in [-0.3, -0.25) is 0 Å². The molecule has 1 saturated carbocycles. The summed E-state index contributed by atoms with van der Waals surface area (Å²) in [7, 11) is 1.63. The Balaban J connectivity index is 1.89. The molecule has 1 unspecified atom stereocenters. The van der Waals surface area contributed by atoms with Crippen molar-refractivity contribution in [2.75, 3.05) is 19.0 Å². The topological polar surface area (TPSA) is 67.3 Å². The van der Waals surface area contributed by atoms with E-state index in [4.69, 9.17) is 16.3 Å². The van der Waals surface area contributed by atoms with Gasteiger partial charge in [-0.1, -0.05) is 0 Å². The van der Waals surface area contributed by atoms with E-state index in [1.165, 1.54) is 6.20 Å². The second-order valence-electron chi connectivity index (χ2n) is 4.50. The molecule has 2 N–H and O–H groups in total. The lowest BCUT2D eigenvalue weighted by atomic mass is 9.78. The number of aliphatic hydroxyl groups is 1. The van der Waals surface area contributed by atoms with Gasteiger partial charge in [-0.15, -0.1) is 0 Å². The summed E-state index contributed by atoms with van der Waals surface area (Å²) in [6, 6.07) is 0. The van der Waals surface area contributed by atoms with Crippen LogP contribution in [0.4, 0.5) is 14.6 Å². The number of aromatic nitrogens is 2. The summed E-state index contributed by atoms with van der Waals surface area (Å²) in [5.74, 6) is -2.38. The molecule has 0 amide bonds. The van der Waals surface area contributed by atoms with Gasteiger partial charge in [-0.2, -0.15) is 4.98 Å². The van der Waals surface area contributed by atoms with Gasteiger partial charge < -0.3 is 15.2 Å². The maximum absolute atomic E-state index is 12.7. The van der Waals surface area contributed by atoms with E-state index in [2.05, 4.69) is 15.3 Å². The van der Waals surface area contributed by atoms with E-state index in [-0.39, 0.29) is 24.7 Å². The molecular weight excluding hydrogens is 280 g/mol. The van der Waals surface area contributed by atoms with Crippen LogP contribution in [0.2, 0.25) is 5.28 Å². The summed E-state index contributed by atoms with van der Waals surface area (Å²) in [5.41, 5.74) is 0. The van der Waals surface area contributed by atoms with E-state index in [9.17, 15) is 13.9 Å². The van der Waals surface area contributed by atoms with Crippen LogP contribution in [-0.2, 0) is 0 Å². The van der Waals surface area contributed by atoms with E-state index >= 15 is 0 Å². The number of anilines is 1. The molecule has 0 bridgehead atoms. The number of aliphatic hydroxyl groups excluding tert-OH is 1. The van der Waals surface area contributed by atoms with Gasteiger partial charge >= 0.3 is 0 Å². The van der Waals surface area contributed by atoms with Crippen LogP contribution in [0.1, 0.15) is 12.8 Å². The molecule has 2 rings (SSSR count). The summed E-state index contributed by atoms with van der Waals surface area (Å²) in [6.45, 7) is -0.0829. The first-order valence-electron chi connectivity index (χ1n) is 5.80. The number of hydrogen-bond acceptors (Lipinski definition) is 5. The maximum atomic E-state index is 12.7. The molecule has 0 aromatic carbocycles. The molecule has 1 fully saturated rings. The van der Waals surface area contributed by atoms with Crippen LogP contribution in [0, 0.1) is 5.92 Å². The lowest BCUT2D eigenvalue weighted by Crippen LogP contribution is -2.44. The first-order valence-corrected chi connectivity index (χ1v) is 6.18. The normalized spacial score (nSPS) is 19.6. The molecule has 1 aliphatic rings. The third-order valence-electron chi connectivity index (χ3n) is 3.04. The standard InChI is InChI=1S/C11H14ClF2N3O2/c1-15-9-8(4-16-10(12)17-9)19-5-7(18)6-2-11(13,14)3-6/h4,6-7,18H,2-3,5H2,1H3,(H,15,16,17). The van der Waals surface area contributed by atoms with Crippen LogP contribution in [0.3, 0.4) is 0 Å². The van der Waals surface area contributed by atoms with Crippen molar-refractivity contribution in [2.24, 2.45) is 5.92 Å². The third-order valence-corrected chi connectivity index (χ3v) is 3.22. The van der Waals surface area contributed by atoms with Crippen LogP contribution < -0.4 is 10.1 Å². The average Bonchev–Trinajstić information content (AvgIpc) is 2.33. The minimum atomic E-state index is -2.65. The van der Waals surface area contributed by atoms with Crippen molar-refractivity contribution < 1.29 is 18.6 Å². The highest BCUT2D eigenvalue weighted by Gasteiger charge is 2.48. The predicted octanol–water partition coefficient (Wildman–Crippen LogP) is 1.96. The van der Waals surface area contributed by atoms with Crippen molar-refractivity contribution in [1.29, 1.82) is 0 Å². The lowest BCUT2D eigenvalue weighted by Gasteiger charge is -2.37. The van der Waals surface area contributed by atoms with Gasteiger partial charge in [0, 0.05) is 19.9 Å². The summed E-state index contributed by atoms with van der Waals surface area (Å²) >= 11 is 5.62. The number of ether oxygens (including phenoxy) is 1. The number of hydrogen-bond donors (Lipinski definition) is 2. The molecule has 1 heterocycles. The number of rotatable bonds is 5. The fourth-order valence-corrected chi connectivity index (χ4v) is 2.06. The molecule has 1 aromatic heterocycles. The molecule has 106 valence electrons. The highest BCUT2D eigenvalue weighted by molar-refractivity contribution is 6.28. The molecule has 19 heavy (non-hydrogen) atoms. The van der Waals surface area contributed by atoms with E-state index < -0.39 is 17.9 Å². The Morgan fingerprint density at radius 3 is 2.89 bits per heavy atom. The van der Waals surface area contributed by atoms with Crippen molar-refractivity contribution in [2.45, 2.75) is 24.9 Å². The van der Waals surface area contributed by atoms with E-state index in [0.29, 0.717) is 11.6 Å². The van der Waals surface area contributed by atoms with Gasteiger partial charge in [0.1, 0.15) is 6.61 Å². The molecule has 1 atom stereocenters. The molecule has 0 saturated heterocycles. The highest BCUT2D eigenvalue weighted by atomic mass is 35.5. The Morgan fingerprint density at radius 1 is 1.63 bits per heavy atom. The van der Waals surface area contributed by atoms with Crippen molar-refractivity contribution >= 4 is 17.4 Å². The van der Waals surface area contributed by atoms with Crippen LogP contribution in [-0.4, -0.2) is 40.8 Å². The Hall–Kier alpha value is -1.21. The van der Waals surface area contributed by atoms with Crippen LogP contribution in [0.25, 0.3) is 0 Å². The zero-order chi connectivity index (χ0) is 14.0. The fourth-order valence-electron chi connectivity index (χ4n) is 1.92. The number of nitrogens with one attached hydrogen (secondary N) is 1. The van der Waals surface area contributed by atoms with E-state index in [1.54, 1.807) is 7.05 Å². The predicted molar refractivity (Wildman–Crippen MR) is 65.8 cm³/mol. The van der Waals surface area contributed by atoms with E-state index in [1.807, 2.05) is 0 Å². The Labute approximate surface area is 114 Å². The molecule has 1 aliphatic carbocycles. The summed E-state index contributed by atoms with van der Waals surface area (Å²) in [5, 5.41) is 12.6. The average molecular weight is 294 g/mol. The van der Waals surface area contributed by atoms with Gasteiger partial charge in [0.2, 0.25) is 11.2 Å². The first kappa shape index (κ1) is 14.2. The number of alkyl halides is 2. The maximum Gasteiger partial charge on any atom is 0.248 e. The monoisotopic (exact) mass is 293 g/mol. The summed E-state index contributed by atoms with van der Waals surface area (Å²) < 4.78 is 30.7. The van der Waals surface area contributed by atoms with Crippen LogP contribution >= 0.6 is 11.6 Å². The second kappa shape index (κ2) is 5.42. The number of halogens is 3. The zero-order valence-corrected chi connectivity index (χ0v) is 11.0. The molecule has 0 aliphatic heterocycles. The van der Waals surface area contributed by atoms with Crippen molar-refractivity contribution in [3.05, 3.63) is 11.5 Å². The molecule has 1 aromatic rings. The lowest BCUT2D eigenvalue weighted by molar-refractivity contribution is -0.145. The van der Waals surface area contributed by atoms with Gasteiger partial charge in [0.15, 0.2) is 11.6 Å². The Bertz CT molecular complexity index is 454. The van der Waals surface area contributed by atoms with Crippen LogP contribution in [0.15, 0.2) is 6.20 Å². The first-order chi connectivity index (χ1) is 8.91. The van der Waals surface area contributed by atoms with Gasteiger partial charge in [-0.05, 0) is 17.5 Å². The zero-order valence-electron chi connectivity index (χ0n) is 10.2. The molecular formula is C11H14ClF2N3O2. The molecule has 8 heteroatoms. The molecule has 5 nitrogen and oxygen atoms in total.